The minimum Gasteiger partial charge on any atom is -0.450 e. The summed E-state index contributed by atoms with van der Waals surface area (Å²) in [5.74, 6) is -0.384. The van der Waals surface area contributed by atoms with E-state index in [9.17, 15) is 9.59 Å². The number of carbonyl (C=O) groups excluding carboxylic acids is 2. The molecule has 0 saturated carbocycles. The molecule has 0 spiro atoms. The number of carbonyl (C=O) groups is 2. The van der Waals surface area contributed by atoms with Crippen LogP contribution in [0.3, 0.4) is 0 Å². The number of amides is 2. The van der Waals surface area contributed by atoms with Crippen LogP contribution in [0.5, 0.6) is 0 Å². The van der Waals surface area contributed by atoms with Gasteiger partial charge in [0.2, 0.25) is 5.91 Å². The number of nitrogens with one attached hydrogen (secondary N) is 1. The number of likely N-dealkylation sites (tertiary alicyclic amines) is 1. The predicted molar refractivity (Wildman–Crippen MR) is 98.5 cm³/mol. The second-order valence-electron chi connectivity index (χ2n) is 6.11. The molecule has 7 nitrogen and oxygen atoms in total. The molecule has 1 atom stereocenters. The third-order valence-electron chi connectivity index (χ3n) is 4.32. The molecule has 1 aromatic heterocycles. The van der Waals surface area contributed by atoms with Gasteiger partial charge in [0.1, 0.15) is 0 Å². The summed E-state index contributed by atoms with van der Waals surface area (Å²) in [5.41, 5.74) is 1.41. The molecule has 1 saturated heterocycles. The van der Waals surface area contributed by atoms with Gasteiger partial charge in [-0.1, -0.05) is 11.6 Å². The minimum absolute atomic E-state index is 0.120. The van der Waals surface area contributed by atoms with E-state index >= 15 is 0 Å². The zero-order chi connectivity index (χ0) is 18.5. The quantitative estimate of drug-likeness (QED) is 0.887. The van der Waals surface area contributed by atoms with Gasteiger partial charge in [-0.3, -0.25) is 4.79 Å². The summed E-state index contributed by atoms with van der Waals surface area (Å²) < 4.78 is 6.82. The van der Waals surface area contributed by atoms with Crippen LogP contribution < -0.4 is 5.32 Å². The van der Waals surface area contributed by atoms with E-state index in [4.69, 9.17) is 16.3 Å². The molecule has 2 amide bonds. The predicted octanol–water partition coefficient (Wildman–Crippen LogP) is 3.33. The van der Waals surface area contributed by atoms with Crippen molar-refractivity contribution in [1.29, 1.82) is 0 Å². The largest absolute Gasteiger partial charge is 0.450 e. The second-order valence-corrected chi connectivity index (χ2v) is 6.52. The molecule has 1 N–H and O–H groups in total. The molecule has 0 bridgehead atoms. The summed E-state index contributed by atoms with van der Waals surface area (Å²) in [6.45, 7) is 3.08. The lowest BCUT2D eigenvalue weighted by atomic mass is 9.97. The van der Waals surface area contributed by atoms with E-state index < -0.39 is 0 Å². The first-order valence-electron chi connectivity index (χ1n) is 8.59. The van der Waals surface area contributed by atoms with Gasteiger partial charge in [-0.2, -0.15) is 0 Å². The number of rotatable bonds is 4. The highest BCUT2D eigenvalue weighted by atomic mass is 35.5. The van der Waals surface area contributed by atoms with Crippen molar-refractivity contribution in [3.05, 3.63) is 41.9 Å². The average Bonchev–Trinajstić information content (AvgIpc) is 3.16. The molecule has 2 aromatic rings. The van der Waals surface area contributed by atoms with Gasteiger partial charge < -0.3 is 19.5 Å². The third-order valence-corrected chi connectivity index (χ3v) is 4.62. The Kier molecular flexibility index (Phi) is 5.78. The van der Waals surface area contributed by atoms with Gasteiger partial charge in [-0.05, 0) is 38.0 Å². The van der Waals surface area contributed by atoms with E-state index in [2.05, 4.69) is 10.3 Å². The molecule has 8 heteroatoms. The van der Waals surface area contributed by atoms with Gasteiger partial charge in [0.25, 0.3) is 0 Å². The fourth-order valence-electron chi connectivity index (χ4n) is 3.01. The van der Waals surface area contributed by atoms with Gasteiger partial charge in [-0.15, -0.1) is 0 Å². The number of halogens is 1. The van der Waals surface area contributed by atoms with Crippen LogP contribution in [-0.4, -0.2) is 46.1 Å². The Labute approximate surface area is 156 Å². The highest BCUT2D eigenvalue weighted by Gasteiger charge is 2.29. The molecular formula is C18H21ClN4O3. The lowest BCUT2D eigenvalue weighted by molar-refractivity contribution is -0.121. The fourth-order valence-corrected chi connectivity index (χ4v) is 3.29. The number of anilines is 1. The molecule has 1 unspecified atom stereocenters. The van der Waals surface area contributed by atoms with E-state index in [1.54, 1.807) is 47.2 Å². The lowest BCUT2D eigenvalue weighted by Gasteiger charge is -2.31. The van der Waals surface area contributed by atoms with Gasteiger partial charge in [0.15, 0.2) is 0 Å². The first kappa shape index (κ1) is 18.3. The number of benzene rings is 1. The summed E-state index contributed by atoms with van der Waals surface area (Å²) >= 11 is 6.32. The second kappa shape index (κ2) is 8.23. The third kappa shape index (κ3) is 4.16. The van der Waals surface area contributed by atoms with Crippen molar-refractivity contribution in [2.75, 3.05) is 25.0 Å². The van der Waals surface area contributed by atoms with Crippen LogP contribution in [0.2, 0.25) is 5.02 Å². The van der Waals surface area contributed by atoms with E-state index in [1.807, 2.05) is 6.07 Å². The number of aromatic nitrogens is 2. The number of imidazole rings is 1. The Hall–Kier alpha value is -2.54. The summed E-state index contributed by atoms with van der Waals surface area (Å²) in [6, 6.07) is 5.33. The van der Waals surface area contributed by atoms with Crippen LogP contribution in [0.25, 0.3) is 5.69 Å². The molecule has 0 radical (unpaired) electrons. The van der Waals surface area contributed by atoms with E-state index in [1.165, 1.54) is 0 Å². The zero-order valence-corrected chi connectivity index (χ0v) is 15.3. The molecule has 3 rings (SSSR count). The van der Waals surface area contributed by atoms with E-state index in [-0.39, 0.29) is 17.9 Å². The van der Waals surface area contributed by atoms with Crippen molar-refractivity contribution in [1.82, 2.24) is 14.5 Å². The smallest absolute Gasteiger partial charge is 0.409 e. The topological polar surface area (TPSA) is 76.5 Å². The van der Waals surface area contributed by atoms with Crippen molar-refractivity contribution in [2.24, 2.45) is 5.92 Å². The van der Waals surface area contributed by atoms with Crippen molar-refractivity contribution in [3.63, 3.8) is 0 Å². The highest BCUT2D eigenvalue weighted by Crippen LogP contribution is 2.25. The standard InChI is InChI=1S/C18H21ClN4O3/c1-2-26-18(25)22-8-3-4-13(11-22)17(24)21-14-5-6-16(15(19)10-14)23-9-7-20-12-23/h5-7,9-10,12-13H,2-4,8,11H2,1H3,(H,21,24). The van der Waals surface area contributed by atoms with Crippen LogP contribution in [0, 0.1) is 5.92 Å². The molecule has 1 aromatic carbocycles. The number of hydrogen-bond donors (Lipinski definition) is 1. The number of hydrogen-bond acceptors (Lipinski definition) is 4. The van der Waals surface area contributed by atoms with Gasteiger partial charge in [0.05, 0.1) is 29.6 Å². The minimum atomic E-state index is -0.363. The summed E-state index contributed by atoms with van der Waals surface area (Å²) in [5, 5.41) is 3.40. The maximum Gasteiger partial charge on any atom is 0.409 e. The number of ether oxygens (including phenoxy) is 1. The van der Waals surface area contributed by atoms with E-state index in [0.717, 1.165) is 18.5 Å². The SMILES string of the molecule is CCOC(=O)N1CCCC(C(=O)Nc2ccc(-n3ccnc3)c(Cl)c2)C1. The summed E-state index contributed by atoms with van der Waals surface area (Å²) in [7, 11) is 0. The Morgan fingerprint density at radius 3 is 2.96 bits per heavy atom. The van der Waals surface area contributed by atoms with Gasteiger partial charge in [-0.25, -0.2) is 9.78 Å². The molecule has 1 aliphatic heterocycles. The Morgan fingerprint density at radius 2 is 2.27 bits per heavy atom. The Balaban J connectivity index is 1.64. The summed E-state index contributed by atoms with van der Waals surface area (Å²) in [6.07, 6.45) is 6.28. The highest BCUT2D eigenvalue weighted by molar-refractivity contribution is 6.32. The molecular weight excluding hydrogens is 356 g/mol. The monoisotopic (exact) mass is 376 g/mol. The van der Waals surface area contributed by atoms with Crippen molar-refractivity contribution in [3.8, 4) is 5.69 Å². The maximum atomic E-state index is 12.6. The first-order valence-corrected chi connectivity index (χ1v) is 8.96. The Bertz CT molecular complexity index is 779. The fraction of sp³-hybridized carbons (Fsp3) is 0.389. The van der Waals surface area contributed by atoms with E-state index in [0.29, 0.717) is 30.4 Å². The lowest BCUT2D eigenvalue weighted by Crippen LogP contribution is -2.44. The van der Waals surface area contributed by atoms with Crippen LogP contribution in [0.4, 0.5) is 10.5 Å². The van der Waals surface area contributed by atoms with Crippen molar-refractivity contribution >= 4 is 29.3 Å². The average molecular weight is 377 g/mol. The summed E-state index contributed by atoms with van der Waals surface area (Å²) in [4.78, 5) is 30.0. The van der Waals surface area contributed by atoms with Crippen molar-refractivity contribution < 1.29 is 14.3 Å². The van der Waals surface area contributed by atoms with Crippen LogP contribution >= 0.6 is 11.6 Å². The van der Waals surface area contributed by atoms with Crippen molar-refractivity contribution in [2.45, 2.75) is 19.8 Å². The molecule has 138 valence electrons. The van der Waals surface area contributed by atoms with Gasteiger partial charge in [0, 0.05) is 31.2 Å². The zero-order valence-electron chi connectivity index (χ0n) is 14.5. The first-order chi connectivity index (χ1) is 12.6. The number of piperidine rings is 1. The molecule has 1 fully saturated rings. The molecule has 1 aliphatic rings. The maximum absolute atomic E-state index is 12.6. The van der Waals surface area contributed by atoms with Crippen LogP contribution in [0.1, 0.15) is 19.8 Å². The normalized spacial score (nSPS) is 17.0. The Morgan fingerprint density at radius 1 is 1.42 bits per heavy atom. The van der Waals surface area contributed by atoms with Crippen LogP contribution in [0.15, 0.2) is 36.9 Å². The van der Waals surface area contributed by atoms with Gasteiger partial charge >= 0.3 is 6.09 Å². The molecule has 26 heavy (non-hydrogen) atoms. The molecule has 2 heterocycles. The molecule has 0 aliphatic carbocycles. The number of nitrogens with zero attached hydrogens (tertiary/aromatic N) is 3. The van der Waals surface area contributed by atoms with Crippen LogP contribution in [-0.2, 0) is 9.53 Å².